The lowest BCUT2D eigenvalue weighted by molar-refractivity contribution is 0.0945. The first-order valence-electron chi connectivity index (χ1n) is 5.67. The van der Waals surface area contributed by atoms with E-state index in [1.54, 1.807) is 12.1 Å². The van der Waals surface area contributed by atoms with Crippen LogP contribution >= 0.6 is 0 Å². The van der Waals surface area contributed by atoms with Crippen molar-refractivity contribution in [1.29, 1.82) is 0 Å². The molecule has 0 radical (unpaired) electrons. The van der Waals surface area contributed by atoms with Crippen molar-refractivity contribution in [2.45, 2.75) is 19.9 Å². The Hall–Kier alpha value is -2.03. The van der Waals surface area contributed by atoms with Gasteiger partial charge >= 0.3 is 0 Å². The summed E-state index contributed by atoms with van der Waals surface area (Å²) in [4.78, 5) is 12.0. The molecule has 2 rings (SSSR count). The van der Waals surface area contributed by atoms with E-state index < -0.39 is 0 Å². The number of amides is 1. The van der Waals surface area contributed by atoms with Crippen LogP contribution in [-0.2, 0) is 0 Å². The Bertz CT molecular complexity index is 561. The van der Waals surface area contributed by atoms with Crippen LogP contribution in [0.3, 0.4) is 0 Å². The topological polar surface area (TPSA) is 55.1 Å². The molecule has 0 aliphatic carbocycles. The summed E-state index contributed by atoms with van der Waals surface area (Å²) in [6, 6.07) is 11.3. The maximum atomic E-state index is 12.0. The van der Waals surface area contributed by atoms with Crippen LogP contribution in [0.15, 0.2) is 36.4 Å². The van der Waals surface area contributed by atoms with E-state index in [0.29, 0.717) is 11.3 Å². The van der Waals surface area contributed by atoms with Crippen molar-refractivity contribution in [2.75, 3.05) is 5.73 Å². The molecule has 0 bridgehead atoms. The minimum absolute atomic E-state index is 0.0591. The van der Waals surface area contributed by atoms with Crippen molar-refractivity contribution in [3.05, 3.63) is 42.0 Å². The van der Waals surface area contributed by atoms with Crippen LogP contribution in [-0.4, -0.2) is 11.9 Å². The average Bonchev–Trinajstić information content (AvgIpc) is 2.29. The second-order valence-electron chi connectivity index (χ2n) is 4.38. The molecule has 0 aliphatic heterocycles. The molecule has 0 atom stereocenters. The summed E-state index contributed by atoms with van der Waals surface area (Å²) >= 11 is 0. The SMILES string of the molecule is CC(C)NC(=O)c1ccc(N)c2ccccc12. The smallest absolute Gasteiger partial charge is 0.252 e. The van der Waals surface area contributed by atoms with Gasteiger partial charge in [-0.25, -0.2) is 0 Å². The number of nitrogens with one attached hydrogen (secondary N) is 1. The maximum Gasteiger partial charge on any atom is 0.252 e. The number of carbonyl (C=O) groups excluding carboxylic acids is 1. The molecule has 0 aromatic heterocycles. The number of carbonyl (C=O) groups is 1. The lowest BCUT2D eigenvalue weighted by atomic mass is 10.0. The molecule has 3 N–H and O–H groups in total. The number of fused-ring (bicyclic) bond motifs is 1. The van der Waals surface area contributed by atoms with Crippen LogP contribution in [0.1, 0.15) is 24.2 Å². The van der Waals surface area contributed by atoms with E-state index in [2.05, 4.69) is 5.32 Å². The van der Waals surface area contributed by atoms with Gasteiger partial charge in [0.25, 0.3) is 5.91 Å². The van der Waals surface area contributed by atoms with Gasteiger partial charge in [0, 0.05) is 22.7 Å². The number of anilines is 1. The third-order valence-corrected chi connectivity index (χ3v) is 2.62. The second kappa shape index (κ2) is 4.45. The first kappa shape index (κ1) is 11.5. The third-order valence-electron chi connectivity index (χ3n) is 2.62. The number of hydrogen-bond donors (Lipinski definition) is 2. The summed E-state index contributed by atoms with van der Waals surface area (Å²) in [5, 5.41) is 4.71. The highest BCUT2D eigenvalue weighted by atomic mass is 16.1. The van der Waals surface area contributed by atoms with E-state index in [-0.39, 0.29) is 11.9 Å². The largest absolute Gasteiger partial charge is 0.398 e. The van der Waals surface area contributed by atoms with Gasteiger partial charge in [-0.2, -0.15) is 0 Å². The van der Waals surface area contributed by atoms with Crippen molar-refractivity contribution >= 4 is 22.4 Å². The van der Waals surface area contributed by atoms with Gasteiger partial charge in [0.1, 0.15) is 0 Å². The number of benzene rings is 2. The Morgan fingerprint density at radius 2 is 1.76 bits per heavy atom. The van der Waals surface area contributed by atoms with E-state index in [1.807, 2.05) is 38.1 Å². The highest BCUT2D eigenvalue weighted by molar-refractivity contribution is 6.10. The quantitative estimate of drug-likeness (QED) is 0.776. The highest BCUT2D eigenvalue weighted by Gasteiger charge is 2.11. The molecule has 3 heteroatoms. The molecule has 0 fully saturated rings. The molecule has 0 unspecified atom stereocenters. The number of nitrogens with two attached hydrogens (primary N) is 1. The summed E-state index contributed by atoms with van der Waals surface area (Å²) in [5.74, 6) is -0.0591. The van der Waals surface area contributed by atoms with Gasteiger partial charge < -0.3 is 11.1 Å². The number of rotatable bonds is 2. The van der Waals surface area contributed by atoms with Crippen LogP contribution in [0.2, 0.25) is 0 Å². The molecule has 2 aromatic carbocycles. The zero-order valence-corrected chi connectivity index (χ0v) is 10.0. The first-order valence-corrected chi connectivity index (χ1v) is 5.67. The van der Waals surface area contributed by atoms with Gasteiger partial charge in [-0.15, -0.1) is 0 Å². The molecule has 0 aliphatic rings. The predicted molar refractivity (Wildman–Crippen MR) is 71.0 cm³/mol. The molecular formula is C14H16N2O. The van der Waals surface area contributed by atoms with Gasteiger partial charge in [0.05, 0.1) is 0 Å². The van der Waals surface area contributed by atoms with E-state index in [4.69, 9.17) is 5.73 Å². The Morgan fingerprint density at radius 1 is 1.12 bits per heavy atom. The van der Waals surface area contributed by atoms with Crippen LogP contribution in [0.4, 0.5) is 5.69 Å². The first-order chi connectivity index (χ1) is 8.09. The van der Waals surface area contributed by atoms with Crippen LogP contribution in [0.5, 0.6) is 0 Å². The van der Waals surface area contributed by atoms with Crippen molar-refractivity contribution in [3.63, 3.8) is 0 Å². The summed E-state index contributed by atoms with van der Waals surface area (Å²) in [6.07, 6.45) is 0. The summed E-state index contributed by atoms with van der Waals surface area (Å²) in [5.41, 5.74) is 7.26. The molecular weight excluding hydrogens is 212 g/mol. The molecule has 0 heterocycles. The fraction of sp³-hybridized carbons (Fsp3) is 0.214. The van der Waals surface area contributed by atoms with Gasteiger partial charge in [0.2, 0.25) is 0 Å². The van der Waals surface area contributed by atoms with E-state index in [1.165, 1.54) is 0 Å². The monoisotopic (exact) mass is 228 g/mol. The van der Waals surface area contributed by atoms with Crippen molar-refractivity contribution < 1.29 is 4.79 Å². The molecule has 1 amide bonds. The van der Waals surface area contributed by atoms with Crippen LogP contribution in [0.25, 0.3) is 10.8 Å². The third kappa shape index (κ3) is 2.23. The molecule has 0 saturated carbocycles. The highest BCUT2D eigenvalue weighted by Crippen LogP contribution is 2.24. The fourth-order valence-corrected chi connectivity index (χ4v) is 1.86. The van der Waals surface area contributed by atoms with E-state index in [0.717, 1.165) is 10.8 Å². The molecule has 0 saturated heterocycles. The lowest BCUT2D eigenvalue weighted by Gasteiger charge is -2.11. The minimum atomic E-state index is -0.0591. The van der Waals surface area contributed by atoms with Crippen LogP contribution in [0, 0.1) is 0 Å². The summed E-state index contributed by atoms with van der Waals surface area (Å²) in [7, 11) is 0. The molecule has 17 heavy (non-hydrogen) atoms. The Morgan fingerprint density at radius 3 is 2.41 bits per heavy atom. The summed E-state index contributed by atoms with van der Waals surface area (Å²) < 4.78 is 0. The zero-order chi connectivity index (χ0) is 12.4. The average molecular weight is 228 g/mol. The standard InChI is InChI=1S/C14H16N2O/c1-9(2)16-14(17)12-7-8-13(15)11-6-4-3-5-10(11)12/h3-9H,15H2,1-2H3,(H,16,17). The van der Waals surface area contributed by atoms with Crippen molar-refractivity contribution in [1.82, 2.24) is 5.32 Å². The van der Waals surface area contributed by atoms with Gasteiger partial charge in [-0.3, -0.25) is 4.79 Å². The predicted octanol–water partition coefficient (Wildman–Crippen LogP) is 2.56. The van der Waals surface area contributed by atoms with Gasteiger partial charge in [-0.05, 0) is 31.4 Å². The second-order valence-corrected chi connectivity index (χ2v) is 4.38. The molecule has 88 valence electrons. The Balaban J connectivity index is 2.55. The van der Waals surface area contributed by atoms with E-state index in [9.17, 15) is 4.79 Å². The molecule has 2 aromatic rings. The minimum Gasteiger partial charge on any atom is -0.398 e. The summed E-state index contributed by atoms with van der Waals surface area (Å²) in [6.45, 7) is 3.88. The normalized spacial score (nSPS) is 10.8. The lowest BCUT2D eigenvalue weighted by Crippen LogP contribution is -2.30. The fourth-order valence-electron chi connectivity index (χ4n) is 1.86. The van der Waals surface area contributed by atoms with Crippen molar-refractivity contribution in [3.8, 4) is 0 Å². The van der Waals surface area contributed by atoms with Gasteiger partial charge in [0.15, 0.2) is 0 Å². The van der Waals surface area contributed by atoms with Crippen molar-refractivity contribution in [2.24, 2.45) is 0 Å². The number of nitrogen functional groups attached to an aromatic ring is 1. The van der Waals surface area contributed by atoms with Crippen LogP contribution < -0.4 is 11.1 Å². The van der Waals surface area contributed by atoms with Gasteiger partial charge in [-0.1, -0.05) is 24.3 Å². The zero-order valence-electron chi connectivity index (χ0n) is 10.0. The number of hydrogen-bond acceptors (Lipinski definition) is 2. The molecule has 0 spiro atoms. The Kier molecular flexibility index (Phi) is 3.00. The maximum absolute atomic E-state index is 12.0. The Labute approximate surface area is 101 Å². The van der Waals surface area contributed by atoms with E-state index >= 15 is 0 Å². The molecule has 3 nitrogen and oxygen atoms in total.